The number of fused-ring (bicyclic) bond motifs is 1. The number of hydrogen-bond acceptors (Lipinski definition) is 2. The number of alkyl halides is 3. The molecule has 3 N–H and O–H groups in total. The Labute approximate surface area is 170 Å². The van der Waals surface area contributed by atoms with Crippen LogP contribution in [0.3, 0.4) is 0 Å². The van der Waals surface area contributed by atoms with Gasteiger partial charge < -0.3 is 15.6 Å². The van der Waals surface area contributed by atoms with Crippen molar-refractivity contribution in [3.63, 3.8) is 0 Å². The summed E-state index contributed by atoms with van der Waals surface area (Å²) < 4.78 is 37.9. The lowest BCUT2D eigenvalue weighted by molar-refractivity contribution is -0.137. The number of carbonyl (C=O) groups is 1. The van der Waals surface area contributed by atoms with Crippen LogP contribution in [0.15, 0.2) is 66.9 Å². The van der Waals surface area contributed by atoms with E-state index in [2.05, 4.69) is 20.6 Å². The summed E-state index contributed by atoms with van der Waals surface area (Å²) in [5.74, 6) is 0. The predicted molar refractivity (Wildman–Crippen MR) is 110 cm³/mol. The number of rotatable bonds is 3. The van der Waals surface area contributed by atoms with Gasteiger partial charge in [0.05, 0.1) is 16.9 Å². The quantitative estimate of drug-likeness (QED) is 0.376. The van der Waals surface area contributed by atoms with Crippen LogP contribution < -0.4 is 10.6 Å². The second-order valence-electron chi connectivity index (χ2n) is 6.76. The second-order valence-corrected chi connectivity index (χ2v) is 6.76. The maximum absolute atomic E-state index is 12.6. The molecule has 8 heteroatoms. The van der Waals surface area contributed by atoms with Crippen LogP contribution >= 0.6 is 0 Å². The fourth-order valence-electron chi connectivity index (χ4n) is 3.15. The number of hydrogen-bond donors (Lipinski definition) is 3. The summed E-state index contributed by atoms with van der Waals surface area (Å²) >= 11 is 0. The van der Waals surface area contributed by atoms with Crippen LogP contribution in [0.2, 0.25) is 0 Å². The molecule has 30 heavy (non-hydrogen) atoms. The van der Waals surface area contributed by atoms with E-state index in [0.717, 1.165) is 34.3 Å². The zero-order valence-electron chi connectivity index (χ0n) is 15.8. The highest BCUT2D eigenvalue weighted by Gasteiger charge is 2.30. The van der Waals surface area contributed by atoms with Gasteiger partial charge in [-0.25, -0.2) is 9.78 Å². The maximum atomic E-state index is 12.6. The van der Waals surface area contributed by atoms with Gasteiger partial charge in [-0.1, -0.05) is 24.3 Å². The first-order valence-corrected chi connectivity index (χ1v) is 9.11. The third-order valence-electron chi connectivity index (χ3n) is 4.68. The van der Waals surface area contributed by atoms with E-state index >= 15 is 0 Å². The average Bonchev–Trinajstić information content (AvgIpc) is 3.10. The Kier molecular flexibility index (Phi) is 4.91. The van der Waals surface area contributed by atoms with Gasteiger partial charge in [-0.2, -0.15) is 13.2 Å². The molecule has 2 amide bonds. The monoisotopic (exact) mass is 410 g/mol. The van der Waals surface area contributed by atoms with Gasteiger partial charge in [0.15, 0.2) is 0 Å². The minimum Gasteiger partial charge on any atom is -0.344 e. The van der Waals surface area contributed by atoms with Gasteiger partial charge >= 0.3 is 12.2 Å². The van der Waals surface area contributed by atoms with Crippen molar-refractivity contribution in [1.82, 2.24) is 9.97 Å². The number of anilines is 2. The van der Waals surface area contributed by atoms with E-state index in [1.807, 2.05) is 43.3 Å². The molecule has 2 heterocycles. The lowest BCUT2D eigenvalue weighted by Gasteiger charge is -2.09. The number of aromatic nitrogens is 2. The molecule has 0 aliphatic rings. The smallest absolute Gasteiger partial charge is 0.344 e. The van der Waals surface area contributed by atoms with Gasteiger partial charge in [0.1, 0.15) is 5.65 Å². The molecule has 0 saturated carbocycles. The molecule has 152 valence electrons. The Morgan fingerprint density at radius 1 is 0.967 bits per heavy atom. The van der Waals surface area contributed by atoms with Crippen molar-refractivity contribution in [3.05, 3.63) is 78.0 Å². The predicted octanol–water partition coefficient (Wildman–Crippen LogP) is 6.20. The molecule has 2 aromatic carbocycles. The maximum Gasteiger partial charge on any atom is 0.416 e. The molecule has 0 fully saturated rings. The van der Waals surface area contributed by atoms with E-state index in [9.17, 15) is 18.0 Å². The van der Waals surface area contributed by atoms with Crippen molar-refractivity contribution >= 4 is 28.4 Å². The summed E-state index contributed by atoms with van der Waals surface area (Å²) in [6, 6.07) is 15.3. The third kappa shape index (κ3) is 3.98. The Bertz CT molecular complexity index is 1210. The average molecular weight is 410 g/mol. The molecule has 0 spiro atoms. The standard InChI is InChI=1S/C22H17F3N4O/c1-13-4-2-3-5-16(13)18-11-10-17-19(12-26-20(17)28-18)29-21(30)27-15-8-6-14(7-9-15)22(23,24)25/h2-12H,1H3,(H,26,28)(H2,27,29,30). The normalized spacial score (nSPS) is 11.5. The fraction of sp³-hybridized carbons (Fsp3) is 0.0909. The summed E-state index contributed by atoms with van der Waals surface area (Å²) in [6.07, 6.45) is -2.80. The fourth-order valence-corrected chi connectivity index (χ4v) is 3.15. The highest BCUT2D eigenvalue weighted by Crippen LogP contribution is 2.30. The van der Waals surface area contributed by atoms with Gasteiger partial charge in [0.25, 0.3) is 0 Å². The Morgan fingerprint density at radius 3 is 2.40 bits per heavy atom. The van der Waals surface area contributed by atoms with Crippen LogP contribution in [0.4, 0.5) is 29.3 Å². The Balaban J connectivity index is 1.50. The zero-order chi connectivity index (χ0) is 21.3. The number of carbonyl (C=O) groups excluding carboxylic acids is 1. The highest BCUT2D eigenvalue weighted by molar-refractivity contribution is 6.05. The van der Waals surface area contributed by atoms with Crippen LogP contribution in [-0.2, 0) is 6.18 Å². The topological polar surface area (TPSA) is 69.8 Å². The van der Waals surface area contributed by atoms with Gasteiger partial charge in [-0.3, -0.25) is 0 Å². The van der Waals surface area contributed by atoms with Crippen molar-refractivity contribution in [2.45, 2.75) is 13.1 Å². The molecule has 0 bridgehead atoms. The largest absolute Gasteiger partial charge is 0.416 e. The number of urea groups is 1. The molecular formula is C22H17F3N4O. The summed E-state index contributed by atoms with van der Waals surface area (Å²) in [5, 5.41) is 5.92. The van der Waals surface area contributed by atoms with Gasteiger partial charge in [0, 0.05) is 22.8 Å². The van der Waals surface area contributed by atoms with E-state index in [-0.39, 0.29) is 5.69 Å². The number of H-pyrrole nitrogens is 1. The van der Waals surface area contributed by atoms with Crippen LogP contribution in [0.1, 0.15) is 11.1 Å². The van der Waals surface area contributed by atoms with E-state index in [0.29, 0.717) is 11.3 Å². The molecule has 0 aliphatic heterocycles. The van der Waals surface area contributed by atoms with Gasteiger partial charge in [-0.15, -0.1) is 0 Å². The van der Waals surface area contributed by atoms with Crippen molar-refractivity contribution in [3.8, 4) is 11.3 Å². The SMILES string of the molecule is Cc1ccccc1-c1ccc2c(NC(=O)Nc3ccc(C(F)(F)F)cc3)c[nH]c2n1. The van der Waals surface area contributed by atoms with E-state index < -0.39 is 17.8 Å². The lowest BCUT2D eigenvalue weighted by atomic mass is 10.1. The number of benzene rings is 2. The molecule has 0 unspecified atom stereocenters. The van der Waals surface area contributed by atoms with Crippen molar-refractivity contribution < 1.29 is 18.0 Å². The van der Waals surface area contributed by atoms with Crippen LogP contribution in [0, 0.1) is 6.92 Å². The minimum atomic E-state index is -4.42. The molecular weight excluding hydrogens is 393 g/mol. The molecule has 0 aliphatic carbocycles. The molecule has 4 aromatic rings. The highest BCUT2D eigenvalue weighted by atomic mass is 19.4. The Hall–Kier alpha value is -3.81. The number of nitrogens with one attached hydrogen (secondary N) is 3. The minimum absolute atomic E-state index is 0.250. The van der Waals surface area contributed by atoms with Gasteiger partial charge in [-0.05, 0) is 48.9 Å². The number of pyridine rings is 1. The molecule has 2 aromatic heterocycles. The van der Waals surface area contributed by atoms with Gasteiger partial charge in [0.2, 0.25) is 0 Å². The number of aromatic amines is 1. The summed E-state index contributed by atoms with van der Waals surface area (Å²) in [6.45, 7) is 2.01. The van der Waals surface area contributed by atoms with E-state index in [4.69, 9.17) is 0 Å². The van der Waals surface area contributed by atoms with Crippen LogP contribution in [-0.4, -0.2) is 16.0 Å². The van der Waals surface area contributed by atoms with Crippen LogP contribution in [0.5, 0.6) is 0 Å². The van der Waals surface area contributed by atoms with Crippen molar-refractivity contribution in [2.75, 3.05) is 10.6 Å². The number of aryl methyl sites for hydroxylation is 1. The first kappa shape index (κ1) is 19.5. The summed E-state index contributed by atoms with van der Waals surface area (Å²) in [4.78, 5) is 19.9. The molecule has 0 atom stereocenters. The van der Waals surface area contributed by atoms with E-state index in [1.54, 1.807) is 6.20 Å². The summed E-state index contributed by atoms with van der Waals surface area (Å²) in [5.41, 5.74) is 3.52. The van der Waals surface area contributed by atoms with E-state index in [1.165, 1.54) is 12.1 Å². The number of halogens is 3. The first-order chi connectivity index (χ1) is 14.3. The first-order valence-electron chi connectivity index (χ1n) is 9.11. The van der Waals surface area contributed by atoms with Crippen LogP contribution in [0.25, 0.3) is 22.3 Å². The second kappa shape index (κ2) is 7.55. The third-order valence-corrected chi connectivity index (χ3v) is 4.68. The lowest BCUT2D eigenvalue weighted by Crippen LogP contribution is -2.19. The summed E-state index contributed by atoms with van der Waals surface area (Å²) in [7, 11) is 0. The molecule has 5 nitrogen and oxygen atoms in total. The molecule has 0 radical (unpaired) electrons. The van der Waals surface area contributed by atoms with Crippen molar-refractivity contribution in [1.29, 1.82) is 0 Å². The van der Waals surface area contributed by atoms with Crippen molar-refractivity contribution in [2.24, 2.45) is 0 Å². The molecule has 0 saturated heterocycles. The number of amides is 2. The Morgan fingerprint density at radius 2 is 1.70 bits per heavy atom. The molecule has 4 rings (SSSR count). The zero-order valence-corrected chi connectivity index (χ0v) is 15.8. The number of nitrogens with zero attached hydrogens (tertiary/aromatic N) is 1.